The third-order valence-corrected chi connectivity index (χ3v) is 11.3. The number of hydrogen-bond acceptors (Lipinski definition) is 9. The molecule has 2 aliphatic rings. The lowest BCUT2D eigenvalue weighted by Gasteiger charge is -2.34. The van der Waals surface area contributed by atoms with Crippen LogP contribution in [0.1, 0.15) is 236 Å². The summed E-state index contributed by atoms with van der Waals surface area (Å²) >= 11 is 0. The van der Waals surface area contributed by atoms with E-state index in [9.17, 15) is 19.2 Å². The van der Waals surface area contributed by atoms with E-state index in [0.29, 0.717) is 43.2 Å². The predicted octanol–water partition coefficient (Wildman–Crippen LogP) is 14.5. The first-order valence-corrected chi connectivity index (χ1v) is 26.2. The van der Waals surface area contributed by atoms with Gasteiger partial charge in [-0.3, -0.25) is 24.1 Å². The van der Waals surface area contributed by atoms with Crippen molar-refractivity contribution in [1.82, 2.24) is 4.90 Å². The van der Waals surface area contributed by atoms with Gasteiger partial charge in [0.2, 0.25) is 0 Å². The number of carbonyl (C=O) groups is 4. The van der Waals surface area contributed by atoms with Gasteiger partial charge >= 0.3 is 17.9 Å². The van der Waals surface area contributed by atoms with E-state index in [1.165, 1.54) is 122 Å². The standard InChI is InChI=1S/C24H46O5.C12H22O.C10H20.C6H11NO2.C2H6/c1-6-8-10-11-12-13-15-23(25)28-18-21(17-27-5)16-24(26)29-19-22(20(3)4)14-9-7-2;1-2-3-4-5-6-7-8-12(13)11-9-10-11;1-3-5-7-9-10-8-6-4-2;1-5(8)9-6-3-7(2)4-6;1-2/h20-22H,6-19H2,1-5H3;11H,2-10H2,1H3;3H,1,4-10H2,2H3;6H,3-4H2,1-2H3;1-2H3. The molecule has 2 atom stereocenters. The number of ketones is 1. The lowest BCUT2D eigenvalue weighted by molar-refractivity contribution is -0.153. The Bertz CT molecular complexity index is 1040. The minimum absolute atomic E-state index is 0.158. The number of unbranched alkanes of at least 4 members (excludes halogenated alkanes) is 17. The van der Waals surface area contributed by atoms with Crippen LogP contribution < -0.4 is 0 Å². The van der Waals surface area contributed by atoms with Crippen molar-refractivity contribution in [3.8, 4) is 0 Å². The predicted molar refractivity (Wildman–Crippen MR) is 266 cm³/mol. The summed E-state index contributed by atoms with van der Waals surface area (Å²) in [4.78, 5) is 47.9. The highest BCUT2D eigenvalue weighted by Gasteiger charge is 2.28. The monoisotopic (exact) mass is 896 g/mol. The van der Waals surface area contributed by atoms with Crippen LogP contribution in [0, 0.1) is 23.7 Å². The van der Waals surface area contributed by atoms with Gasteiger partial charge in [-0.1, -0.05) is 171 Å². The van der Waals surface area contributed by atoms with Gasteiger partial charge < -0.3 is 18.9 Å². The van der Waals surface area contributed by atoms with Crippen molar-refractivity contribution in [2.24, 2.45) is 23.7 Å². The molecule has 1 saturated heterocycles. The first-order valence-electron chi connectivity index (χ1n) is 26.2. The molecule has 0 spiro atoms. The number of methoxy groups -OCH3 is 1. The molecule has 0 aromatic carbocycles. The maximum atomic E-state index is 12.3. The molecule has 0 radical (unpaired) electrons. The van der Waals surface area contributed by atoms with Crippen molar-refractivity contribution in [3.05, 3.63) is 12.7 Å². The first kappa shape index (κ1) is 65.0. The zero-order valence-corrected chi connectivity index (χ0v) is 43.5. The summed E-state index contributed by atoms with van der Waals surface area (Å²) in [5.41, 5.74) is 0. The molecule has 0 bridgehead atoms. The smallest absolute Gasteiger partial charge is 0.306 e. The Hall–Kier alpha value is -2.26. The molecule has 0 amide bonds. The first-order chi connectivity index (χ1) is 30.4. The van der Waals surface area contributed by atoms with Gasteiger partial charge in [-0.2, -0.15) is 0 Å². The van der Waals surface area contributed by atoms with Crippen LogP contribution in [0.3, 0.4) is 0 Å². The van der Waals surface area contributed by atoms with E-state index in [4.69, 9.17) is 18.9 Å². The van der Waals surface area contributed by atoms with Crippen LogP contribution in [0.2, 0.25) is 0 Å². The molecule has 9 heteroatoms. The van der Waals surface area contributed by atoms with Crippen LogP contribution in [-0.4, -0.2) is 81.8 Å². The Labute approximate surface area is 390 Å². The number of Topliss-reactive ketones (excluding diaryl/α,β-unsaturated/α-hetero) is 1. The molecule has 2 rings (SSSR count). The number of carbonyl (C=O) groups excluding carboxylic acids is 4. The average Bonchev–Trinajstić information content (AvgIpc) is 4.11. The Balaban J connectivity index is -0.000000862. The quantitative estimate of drug-likeness (QED) is 0.0266. The van der Waals surface area contributed by atoms with Crippen LogP contribution >= 0.6 is 0 Å². The van der Waals surface area contributed by atoms with Crippen LogP contribution in [0.5, 0.6) is 0 Å². The number of allylic oxidation sites excluding steroid dienone is 1. The lowest BCUT2D eigenvalue weighted by atomic mass is 9.91. The van der Waals surface area contributed by atoms with Crippen LogP contribution in [0.15, 0.2) is 12.7 Å². The molecule has 63 heavy (non-hydrogen) atoms. The second-order valence-electron chi connectivity index (χ2n) is 18.1. The van der Waals surface area contributed by atoms with Crippen molar-refractivity contribution in [3.63, 3.8) is 0 Å². The molecule has 9 nitrogen and oxygen atoms in total. The van der Waals surface area contributed by atoms with Crippen molar-refractivity contribution < 1.29 is 38.1 Å². The zero-order valence-electron chi connectivity index (χ0n) is 43.5. The van der Waals surface area contributed by atoms with Crippen LogP contribution in [-0.2, 0) is 38.1 Å². The van der Waals surface area contributed by atoms with Crippen LogP contribution in [0.4, 0.5) is 0 Å². The number of likely N-dealkylation sites (N-methyl/N-ethyl adjacent to an activating group) is 1. The van der Waals surface area contributed by atoms with Gasteiger partial charge in [0.25, 0.3) is 0 Å². The molecule has 0 N–H and O–H groups in total. The molecule has 1 aliphatic heterocycles. The number of rotatable bonds is 35. The molecular formula is C54H105NO8. The van der Waals surface area contributed by atoms with E-state index in [2.05, 4.69) is 53.0 Å². The topological polar surface area (TPSA) is 108 Å². The Morgan fingerprint density at radius 1 is 0.651 bits per heavy atom. The molecule has 0 aromatic rings. The van der Waals surface area contributed by atoms with Gasteiger partial charge in [0, 0.05) is 51.8 Å². The van der Waals surface area contributed by atoms with E-state index in [-0.39, 0.29) is 43.0 Å². The summed E-state index contributed by atoms with van der Waals surface area (Å²) in [6.45, 7) is 25.2. The maximum Gasteiger partial charge on any atom is 0.306 e. The second kappa shape index (κ2) is 49.2. The largest absolute Gasteiger partial charge is 0.465 e. The summed E-state index contributed by atoms with van der Waals surface area (Å²) in [7, 11) is 3.59. The highest BCUT2D eigenvalue weighted by Crippen LogP contribution is 2.31. The summed E-state index contributed by atoms with van der Waals surface area (Å²) in [6.07, 6.45) is 33.6. The van der Waals surface area contributed by atoms with Crippen LogP contribution in [0.25, 0.3) is 0 Å². The van der Waals surface area contributed by atoms with Crippen molar-refractivity contribution >= 4 is 23.7 Å². The number of ether oxygens (including phenoxy) is 4. The maximum absolute atomic E-state index is 12.3. The highest BCUT2D eigenvalue weighted by atomic mass is 16.5. The molecule has 2 unspecified atom stereocenters. The molecule has 1 aliphatic carbocycles. The Morgan fingerprint density at radius 3 is 1.57 bits per heavy atom. The lowest BCUT2D eigenvalue weighted by Crippen LogP contribution is -2.50. The molecular weight excluding hydrogens is 791 g/mol. The molecule has 2 fully saturated rings. The third-order valence-electron chi connectivity index (χ3n) is 11.3. The minimum atomic E-state index is -0.235. The number of likely N-dealkylation sites (tertiary alicyclic amines) is 1. The number of nitrogens with zero attached hydrogens (tertiary/aromatic N) is 1. The fourth-order valence-corrected chi connectivity index (χ4v) is 7.01. The van der Waals surface area contributed by atoms with E-state index >= 15 is 0 Å². The molecule has 1 heterocycles. The van der Waals surface area contributed by atoms with E-state index in [1.807, 2.05) is 27.0 Å². The summed E-state index contributed by atoms with van der Waals surface area (Å²) < 4.78 is 21.0. The fourth-order valence-electron chi connectivity index (χ4n) is 7.01. The molecule has 0 aromatic heterocycles. The van der Waals surface area contributed by atoms with Gasteiger partial charge in [-0.25, -0.2) is 0 Å². The van der Waals surface area contributed by atoms with Gasteiger partial charge in [0.05, 0.1) is 26.2 Å². The third kappa shape index (κ3) is 47.5. The Kier molecular flexibility index (Phi) is 50.8. The van der Waals surface area contributed by atoms with Crippen molar-refractivity contribution in [1.29, 1.82) is 0 Å². The Morgan fingerprint density at radius 2 is 1.13 bits per heavy atom. The van der Waals surface area contributed by atoms with E-state index in [1.54, 1.807) is 7.11 Å². The molecule has 1 saturated carbocycles. The van der Waals surface area contributed by atoms with Gasteiger partial charge in [0.15, 0.2) is 0 Å². The fraction of sp³-hybridized carbons (Fsp3) is 0.889. The van der Waals surface area contributed by atoms with E-state index in [0.717, 1.165) is 58.0 Å². The number of hydrogen-bond donors (Lipinski definition) is 0. The highest BCUT2D eigenvalue weighted by molar-refractivity contribution is 5.83. The zero-order chi connectivity index (χ0) is 47.9. The van der Waals surface area contributed by atoms with Gasteiger partial charge in [-0.05, 0) is 63.8 Å². The second-order valence-corrected chi connectivity index (χ2v) is 18.1. The van der Waals surface area contributed by atoms with Crippen molar-refractivity contribution in [2.45, 2.75) is 242 Å². The minimum Gasteiger partial charge on any atom is -0.465 e. The SMILES string of the molecule is C=CCCCCCCCC.CC.CC(=O)OC1CN(C)C1.CCCCCCCCC(=O)C1CC1.CCCCCCCCC(=O)OCC(COC)CC(=O)OCC(CCCC)C(C)C. The van der Waals surface area contributed by atoms with E-state index < -0.39 is 0 Å². The van der Waals surface area contributed by atoms with Gasteiger partial charge in [0.1, 0.15) is 11.9 Å². The average molecular weight is 896 g/mol. The van der Waals surface area contributed by atoms with Crippen molar-refractivity contribution in [2.75, 3.05) is 47.1 Å². The summed E-state index contributed by atoms with van der Waals surface area (Å²) in [5.74, 6) is 1.16. The van der Waals surface area contributed by atoms with Gasteiger partial charge in [-0.15, -0.1) is 6.58 Å². The summed E-state index contributed by atoms with van der Waals surface area (Å²) in [6, 6.07) is 0. The molecule has 374 valence electrons. The summed E-state index contributed by atoms with van der Waals surface area (Å²) in [5, 5.41) is 0. The normalized spacial score (nSPS) is 14.1. The number of esters is 3.